The lowest BCUT2D eigenvalue weighted by atomic mass is 10.0. The Hall–Kier alpha value is -1.27. The summed E-state index contributed by atoms with van der Waals surface area (Å²) in [6.45, 7) is 4.63. The van der Waals surface area contributed by atoms with Gasteiger partial charge in [-0.25, -0.2) is 0 Å². The van der Waals surface area contributed by atoms with Crippen LogP contribution in [0.3, 0.4) is 0 Å². The Bertz CT molecular complexity index is 658. The van der Waals surface area contributed by atoms with E-state index in [4.69, 9.17) is 13.5 Å². The van der Waals surface area contributed by atoms with Gasteiger partial charge in [0.15, 0.2) is 5.75 Å². The minimum Gasteiger partial charge on any atom is -0.493 e. The van der Waals surface area contributed by atoms with Gasteiger partial charge in [0.25, 0.3) is 0 Å². The Morgan fingerprint density at radius 3 is 1.67 bits per heavy atom. The molecular weight excluding hydrogens is 400 g/mol. The molecule has 1 aromatic rings. The highest BCUT2D eigenvalue weighted by Gasteiger charge is 2.15. The third-order valence-corrected chi connectivity index (χ3v) is 5.76. The van der Waals surface area contributed by atoms with Crippen LogP contribution >= 0.6 is 0 Å². The van der Waals surface area contributed by atoms with Crippen molar-refractivity contribution in [2.45, 2.75) is 110 Å². The number of rotatable bonds is 19. The molecule has 0 heterocycles. The smallest absolute Gasteiger partial charge is 0.446 e. The van der Waals surface area contributed by atoms with Gasteiger partial charge in [-0.2, -0.15) is 8.42 Å². The average molecular weight is 443 g/mol. The summed E-state index contributed by atoms with van der Waals surface area (Å²) in [5.74, 6) is 0.770. The minimum atomic E-state index is -4.55. The molecule has 1 rings (SSSR count). The lowest BCUT2D eigenvalue weighted by Gasteiger charge is -2.14. The van der Waals surface area contributed by atoms with Crippen LogP contribution in [0.15, 0.2) is 18.2 Å². The largest absolute Gasteiger partial charge is 0.493 e. The van der Waals surface area contributed by atoms with Gasteiger partial charge in [0.2, 0.25) is 0 Å². The normalized spacial score (nSPS) is 11.6. The van der Waals surface area contributed by atoms with Crippen LogP contribution in [-0.4, -0.2) is 19.6 Å². The predicted molar refractivity (Wildman–Crippen MR) is 124 cm³/mol. The van der Waals surface area contributed by atoms with Gasteiger partial charge in [-0.15, -0.1) is 0 Å². The molecule has 0 aliphatic carbocycles. The van der Waals surface area contributed by atoms with E-state index >= 15 is 0 Å². The molecule has 174 valence electrons. The number of benzene rings is 1. The maximum Gasteiger partial charge on any atom is 0.446 e. The molecule has 0 saturated heterocycles. The highest BCUT2D eigenvalue weighted by molar-refractivity contribution is 7.81. The second-order valence-electron chi connectivity index (χ2n) is 8.02. The quantitative estimate of drug-likeness (QED) is 0.180. The van der Waals surface area contributed by atoms with Crippen LogP contribution < -0.4 is 8.92 Å². The number of unbranched alkanes of at least 4 members (excludes halogenated alkanes) is 13. The molecule has 5 nitrogen and oxygen atoms in total. The van der Waals surface area contributed by atoms with Crippen LogP contribution in [0.2, 0.25) is 0 Å². The van der Waals surface area contributed by atoms with Gasteiger partial charge in [0, 0.05) is 5.56 Å². The summed E-state index contributed by atoms with van der Waals surface area (Å²) in [7, 11) is -4.55. The van der Waals surface area contributed by atoms with E-state index in [1.54, 1.807) is 18.2 Å². The SMILES string of the molecule is CCCCCCCCCCCCCCCCc1c(OCC)cccc1OS(=O)(=O)O. The first-order chi connectivity index (χ1) is 14.5. The van der Waals surface area contributed by atoms with E-state index in [9.17, 15) is 8.42 Å². The first kappa shape index (κ1) is 26.8. The second-order valence-corrected chi connectivity index (χ2v) is 9.05. The monoisotopic (exact) mass is 442 g/mol. The molecule has 1 aromatic carbocycles. The zero-order chi connectivity index (χ0) is 22.1. The molecule has 0 aliphatic rings. The molecule has 0 unspecified atom stereocenters. The first-order valence-electron chi connectivity index (χ1n) is 11.9. The van der Waals surface area contributed by atoms with Crippen LogP contribution in [0.25, 0.3) is 0 Å². The molecular formula is C24H42O5S. The van der Waals surface area contributed by atoms with Crippen molar-refractivity contribution >= 4 is 10.4 Å². The van der Waals surface area contributed by atoms with Gasteiger partial charge in [0.1, 0.15) is 5.75 Å². The second kappa shape index (κ2) is 16.4. The Morgan fingerprint density at radius 1 is 0.733 bits per heavy atom. The summed E-state index contributed by atoms with van der Waals surface area (Å²) in [6, 6.07) is 5.02. The Kier molecular flexibility index (Phi) is 14.7. The minimum absolute atomic E-state index is 0.151. The molecule has 0 aromatic heterocycles. The van der Waals surface area contributed by atoms with Crippen LogP contribution in [0.1, 0.15) is 109 Å². The van der Waals surface area contributed by atoms with E-state index in [0.717, 1.165) is 12.8 Å². The summed E-state index contributed by atoms with van der Waals surface area (Å²) in [5.41, 5.74) is 0.705. The lowest BCUT2D eigenvalue weighted by Crippen LogP contribution is -2.09. The van der Waals surface area contributed by atoms with Gasteiger partial charge < -0.3 is 8.92 Å². The van der Waals surface area contributed by atoms with Crippen molar-refractivity contribution in [3.8, 4) is 11.5 Å². The summed E-state index contributed by atoms with van der Waals surface area (Å²) in [6.07, 6.45) is 18.7. The van der Waals surface area contributed by atoms with Crippen LogP contribution in [0, 0.1) is 0 Å². The molecule has 0 spiro atoms. The predicted octanol–water partition coefficient (Wildman–Crippen LogP) is 7.29. The van der Waals surface area contributed by atoms with Crippen molar-refractivity contribution < 1.29 is 21.9 Å². The maximum absolute atomic E-state index is 11.1. The Labute approximate surface area is 184 Å². The molecule has 30 heavy (non-hydrogen) atoms. The molecule has 0 bridgehead atoms. The number of hydrogen-bond donors (Lipinski definition) is 1. The van der Waals surface area contributed by atoms with Crippen molar-refractivity contribution in [3.63, 3.8) is 0 Å². The van der Waals surface area contributed by atoms with Crippen molar-refractivity contribution in [2.24, 2.45) is 0 Å². The summed E-state index contributed by atoms with van der Waals surface area (Å²) >= 11 is 0. The highest BCUT2D eigenvalue weighted by atomic mass is 32.3. The number of hydrogen-bond acceptors (Lipinski definition) is 4. The van der Waals surface area contributed by atoms with Gasteiger partial charge in [-0.05, 0) is 31.9 Å². The Balaban J connectivity index is 2.20. The third kappa shape index (κ3) is 13.1. The number of ether oxygens (including phenoxy) is 1. The lowest BCUT2D eigenvalue weighted by molar-refractivity contribution is 0.332. The van der Waals surface area contributed by atoms with E-state index in [0.29, 0.717) is 24.3 Å². The standard InChI is InChI=1S/C24H42O5S/c1-3-5-6-7-8-9-10-11-12-13-14-15-16-17-19-22-23(28-4-2)20-18-21-24(22)29-30(25,26)27/h18,20-21H,3-17,19H2,1-2H3,(H,25,26,27). The molecule has 0 aliphatic heterocycles. The summed E-state index contributed by atoms with van der Waals surface area (Å²) in [4.78, 5) is 0. The fourth-order valence-electron chi connectivity index (χ4n) is 3.77. The highest BCUT2D eigenvalue weighted by Crippen LogP contribution is 2.31. The van der Waals surface area contributed by atoms with Crippen molar-refractivity contribution in [1.82, 2.24) is 0 Å². The molecule has 0 amide bonds. The van der Waals surface area contributed by atoms with E-state index < -0.39 is 10.4 Å². The van der Waals surface area contributed by atoms with E-state index in [1.807, 2.05) is 6.92 Å². The summed E-state index contributed by atoms with van der Waals surface area (Å²) < 4.78 is 41.6. The van der Waals surface area contributed by atoms with Gasteiger partial charge in [-0.1, -0.05) is 96.5 Å². The first-order valence-corrected chi connectivity index (χ1v) is 13.3. The fourth-order valence-corrected chi connectivity index (χ4v) is 4.15. The average Bonchev–Trinajstić information content (AvgIpc) is 2.69. The zero-order valence-corrected chi connectivity index (χ0v) is 19.9. The van der Waals surface area contributed by atoms with Gasteiger partial charge in [-0.3, -0.25) is 4.55 Å². The van der Waals surface area contributed by atoms with Crippen molar-refractivity contribution in [3.05, 3.63) is 23.8 Å². The topological polar surface area (TPSA) is 72.8 Å². The maximum atomic E-state index is 11.1. The Morgan fingerprint density at radius 2 is 1.20 bits per heavy atom. The van der Waals surface area contributed by atoms with Crippen LogP contribution in [0.4, 0.5) is 0 Å². The fraction of sp³-hybridized carbons (Fsp3) is 0.750. The van der Waals surface area contributed by atoms with E-state index in [1.165, 1.54) is 77.0 Å². The van der Waals surface area contributed by atoms with Crippen LogP contribution in [-0.2, 0) is 16.8 Å². The van der Waals surface area contributed by atoms with E-state index in [-0.39, 0.29) is 5.75 Å². The zero-order valence-electron chi connectivity index (χ0n) is 19.0. The third-order valence-electron chi connectivity index (χ3n) is 5.37. The molecule has 0 saturated carbocycles. The van der Waals surface area contributed by atoms with Gasteiger partial charge >= 0.3 is 10.4 Å². The van der Waals surface area contributed by atoms with Gasteiger partial charge in [0.05, 0.1) is 6.61 Å². The molecule has 0 fully saturated rings. The molecule has 0 atom stereocenters. The molecule has 0 radical (unpaired) electrons. The van der Waals surface area contributed by atoms with Crippen molar-refractivity contribution in [1.29, 1.82) is 0 Å². The van der Waals surface area contributed by atoms with Crippen molar-refractivity contribution in [2.75, 3.05) is 6.61 Å². The molecule has 1 N–H and O–H groups in total. The summed E-state index contributed by atoms with van der Waals surface area (Å²) in [5, 5.41) is 0. The van der Waals surface area contributed by atoms with Crippen LogP contribution in [0.5, 0.6) is 11.5 Å². The molecule has 6 heteroatoms. The van der Waals surface area contributed by atoms with E-state index in [2.05, 4.69) is 6.92 Å².